The second kappa shape index (κ2) is 15.2. The summed E-state index contributed by atoms with van der Waals surface area (Å²) in [5.74, 6) is 0.646. The molecule has 2 atom stereocenters. The predicted octanol–water partition coefficient (Wildman–Crippen LogP) is 6.34. The molecule has 0 fully saturated rings. The van der Waals surface area contributed by atoms with Gasteiger partial charge in [0.15, 0.2) is 0 Å². The van der Waals surface area contributed by atoms with Gasteiger partial charge in [-0.2, -0.15) is 0 Å². The highest BCUT2D eigenvalue weighted by atomic mass is 16.5. The minimum Gasteiger partial charge on any atom is -0.458 e. The van der Waals surface area contributed by atoms with Gasteiger partial charge in [0.05, 0.1) is 6.10 Å². The average molecular weight is 367 g/mol. The molecule has 2 unspecified atom stereocenters. The number of aliphatic hydroxyl groups excluding tert-OH is 1. The fourth-order valence-electron chi connectivity index (χ4n) is 3.60. The van der Waals surface area contributed by atoms with Crippen molar-refractivity contribution in [3.63, 3.8) is 0 Å². The molecule has 1 heterocycles. The zero-order chi connectivity index (χ0) is 19.0. The molecule has 3 nitrogen and oxygen atoms in total. The molecule has 0 saturated heterocycles. The van der Waals surface area contributed by atoms with Crippen LogP contribution in [0, 0.1) is 5.92 Å². The van der Waals surface area contributed by atoms with E-state index in [9.17, 15) is 9.90 Å². The van der Waals surface area contributed by atoms with Gasteiger partial charge in [0.25, 0.3) is 0 Å². The Bertz CT molecular complexity index is 389. The van der Waals surface area contributed by atoms with E-state index in [4.69, 9.17) is 4.74 Å². The highest BCUT2D eigenvalue weighted by Crippen LogP contribution is 2.18. The number of esters is 1. The van der Waals surface area contributed by atoms with E-state index in [0.29, 0.717) is 13.0 Å². The van der Waals surface area contributed by atoms with Crippen molar-refractivity contribution in [2.75, 3.05) is 6.61 Å². The molecule has 0 aromatic rings. The second-order valence-corrected chi connectivity index (χ2v) is 8.25. The van der Waals surface area contributed by atoms with Crippen molar-refractivity contribution in [1.82, 2.24) is 0 Å². The molecule has 0 aliphatic carbocycles. The van der Waals surface area contributed by atoms with E-state index in [-0.39, 0.29) is 12.1 Å². The van der Waals surface area contributed by atoms with Crippen LogP contribution in [0.25, 0.3) is 0 Å². The van der Waals surface area contributed by atoms with Crippen LogP contribution >= 0.6 is 0 Å². The summed E-state index contributed by atoms with van der Waals surface area (Å²) >= 11 is 0. The summed E-state index contributed by atoms with van der Waals surface area (Å²) in [6.07, 6.45) is 20.1. The van der Waals surface area contributed by atoms with Gasteiger partial charge in [0.1, 0.15) is 6.61 Å². The van der Waals surface area contributed by atoms with Crippen LogP contribution in [0.15, 0.2) is 11.6 Å². The van der Waals surface area contributed by atoms with Gasteiger partial charge >= 0.3 is 5.97 Å². The van der Waals surface area contributed by atoms with Crippen molar-refractivity contribution in [2.24, 2.45) is 5.92 Å². The van der Waals surface area contributed by atoms with Crippen LogP contribution < -0.4 is 0 Å². The van der Waals surface area contributed by atoms with Crippen molar-refractivity contribution in [3.8, 4) is 0 Å². The molecule has 1 rings (SSSR count). The van der Waals surface area contributed by atoms with Crippen molar-refractivity contribution in [3.05, 3.63) is 11.6 Å². The summed E-state index contributed by atoms with van der Waals surface area (Å²) in [5, 5.41) is 9.99. The lowest BCUT2D eigenvalue weighted by Gasteiger charge is -2.10. The molecular weight excluding hydrogens is 324 g/mol. The largest absolute Gasteiger partial charge is 0.458 e. The van der Waals surface area contributed by atoms with E-state index < -0.39 is 0 Å². The van der Waals surface area contributed by atoms with Crippen LogP contribution in [0.3, 0.4) is 0 Å². The van der Waals surface area contributed by atoms with Gasteiger partial charge in [0.2, 0.25) is 0 Å². The molecule has 1 N–H and O–H groups in total. The summed E-state index contributed by atoms with van der Waals surface area (Å²) in [5.41, 5.74) is 0.933. The molecule has 3 heteroatoms. The van der Waals surface area contributed by atoms with Crippen LogP contribution in [-0.2, 0) is 9.53 Å². The lowest BCUT2D eigenvalue weighted by Crippen LogP contribution is -2.08. The molecule has 152 valence electrons. The number of aliphatic hydroxyl groups is 1. The summed E-state index contributed by atoms with van der Waals surface area (Å²) < 4.78 is 4.85. The summed E-state index contributed by atoms with van der Waals surface area (Å²) in [4.78, 5) is 11.0. The maximum Gasteiger partial charge on any atom is 0.331 e. The number of carbonyl (C=O) groups excluding carboxylic acids is 1. The summed E-state index contributed by atoms with van der Waals surface area (Å²) in [6.45, 7) is 5.03. The zero-order valence-electron chi connectivity index (χ0n) is 17.3. The normalized spacial score (nSPS) is 16.4. The Morgan fingerprint density at radius 2 is 1.42 bits per heavy atom. The van der Waals surface area contributed by atoms with Crippen LogP contribution in [-0.4, -0.2) is 23.8 Å². The van der Waals surface area contributed by atoms with Gasteiger partial charge < -0.3 is 9.84 Å². The number of hydrogen-bond acceptors (Lipinski definition) is 3. The molecule has 0 saturated carbocycles. The van der Waals surface area contributed by atoms with Crippen LogP contribution in [0.4, 0.5) is 0 Å². The van der Waals surface area contributed by atoms with Gasteiger partial charge in [-0.25, -0.2) is 4.79 Å². The minimum absolute atomic E-state index is 0.265. The van der Waals surface area contributed by atoms with Crippen LogP contribution in [0.5, 0.6) is 0 Å². The number of cyclic esters (lactones) is 1. The Hall–Kier alpha value is -0.830. The van der Waals surface area contributed by atoms with E-state index >= 15 is 0 Å². The van der Waals surface area contributed by atoms with Gasteiger partial charge in [-0.3, -0.25) is 0 Å². The first-order valence-electron chi connectivity index (χ1n) is 11.2. The maximum atomic E-state index is 11.0. The van der Waals surface area contributed by atoms with Crippen molar-refractivity contribution in [1.29, 1.82) is 0 Å². The molecule has 1 aliphatic heterocycles. The predicted molar refractivity (Wildman–Crippen MR) is 109 cm³/mol. The van der Waals surface area contributed by atoms with Crippen molar-refractivity contribution < 1.29 is 14.6 Å². The van der Waals surface area contributed by atoms with Gasteiger partial charge in [-0.15, -0.1) is 0 Å². The average Bonchev–Trinajstić information content (AvgIpc) is 3.03. The van der Waals surface area contributed by atoms with Crippen LogP contribution in [0.1, 0.15) is 110 Å². The summed E-state index contributed by atoms with van der Waals surface area (Å²) in [7, 11) is 0. The number of rotatable bonds is 17. The molecule has 0 aromatic heterocycles. The topological polar surface area (TPSA) is 46.5 Å². The molecule has 1 aliphatic rings. The van der Waals surface area contributed by atoms with E-state index in [1.165, 1.54) is 83.1 Å². The zero-order valence-corrected chi connectivity index (χ0v) is 17.3. The molecule has 26 heavy (non-hydrogen) atoms. The number of carbonyl (C=O) groups is 1. The van der Waals surface area contributed by atoms with Crippen molar-refractivity contribution in [2.45, 2.75) is 116 Å². The third-order valence-electron chi connectivity index (χ3n) is 5.65. The number of hydrogen-bond donors (Lipinski definition) is 1. The van der Waals surface area contributed by atoms with E-state index in [0.717, 1.165) is 24.3 Å². The fourth-order valence-corrected chi connectivity index (χ4v) is 3.60. The first kappa shape index (κ1) is 23.2. The van der Waals surface area contributed by atoms with Crippen LogP contribution in [0.2, 0.25) is 0 Å². The first-order valence-corrected chi connectivity index (χ1v) is 11.2. The molecule has 0 bridgehead atoms. The Morgan fingerprint density at radius 3 is 1.88 bits per heavy atom. The first-order chi connectivity index (χ1) is 12.6. The van der Waals surface area contributed by atoms with Gasteiger partial charge in [0, 0.05) is 6.08 Å². The molecule has 0 amide bonds. The van der Waals surface area contributed by atoms with E-state index in [2.05, 4.69) is 13.8 Å². The Morgan fingerprint density at radius 1 is 0.923 bits per heavy atom. The quantitative estimate of drug-likeness (QED) is 0.241. The molecule has 0 aromatic carbocycles. The molecular formula is C23H42O3. The highest BCUT2D eigenvalue weighted by Gasteiger charge is 2.16. The third-order valence-corrected chi connectivity index (χ3v) is 5.65. The van der Waals surface area contributed by atoms with Gasteiger partial charge in [-0.05, 0) is 24.3 Å². The summed E-state index contributed by atoms with van der Waals surface area (Å²) in [6, 6.07) is 0. The van der Waals surface area contributed by atoms with E-state index in [1.807, 2.05) is 0 Å². The molecule has 0 radical (unpaired) electrons. The van der Waals surface area contributed by atoms with Gasteiger partial charge in [-0.1, -0.05) is 97.3 Å². The molecule has 0 spiro atoms. The maximum absolute atomic E-state index is 11.0. The smallest absolute Gasteiger partial charge is 0.331 e. The second-order valence-electron chi connectivity index (χ2n) is 8.25. The lowest BCUT2D eigenvalue weighted by atomic mass is 9.99. The Labute approximate surface area is 161 Å². The minimum atomic E-state index is -0.323. The monoisotopic (exact) mass is 366 g/mol. The van der Waals surface area contributed by atoms with E-state index in [1.54, 1.807) is 0 Å². The lowest BCUT2D eigenvalue weighted by molar-refractivity contribution is -0.134. The highest BCUT2D eigenvalue weighted by molar-refractivity contribution is 5.85. The third kappa shape index (κ3) is 12.5. The number of ether oxygens (including phenoxy) is 1. The fraction of sp³-hybridized carbons (Fsp3) is 0.870. The Kier molecular flexibility index (Phi) is 13.6. The standard InChI is InChI=1S/C23H42O3/c1-3-20(2)15-13-11-9-7-5-4-6-8-10-12-14-16-22(24)17-21-18-23(25)26-19-21/h18,20,22,24H,3-17,19H2,1-2H3. The Balaban J connectivity index is 1.78. The SMILES string of the molecule is CCC(C)CCCCCCCCCCCCCC(O)CC1=CC(=O)OC1. The number of unbranched alkanes of at least 4 members (excludes halogenated alkanes) is 10. The van der Waals surface area contributed by atoms with Crippen molar-refractivity contribution >= 4 is 5.97 Å².